The van der Waals surface area contributed by atoms with Gasteiger partial charge in [0.1, 0.15) is 5.60 Å². The zero-order valence-corrected chi connectivity index (χ0v) is 12.2. The summed E-state index contributed by atoms with van der Waals surface area (Å²) in [6, 6.07) is 0. The lowest BCUT2D eigenvalue weighted by molar-refractivity contribution is -0.0202. The third-order valence-electron chi connectivity index (χ3n) is 2.99. The fourth-order valence-corrected chi connectivity index (χ4v) is 1.81. The van der Waals surface area contributed by atoms with Crippen LogP contribution < -0.4 is 0 Å². The first-order valence-corrected chi connectivity index (χ1v) is 7.13. The van der Waals surface area contributed by atoms with Crippen LogP contribution in [0.3, 0.4) is 0 Å². The molecule has 0 aromatic rings. The first-order valence-electron chi connectivity index (χ1n) is 7.13. The molecule has 0 heterocycles. The summed E-state index contributed by atoms with van der Waals surface area (Å²) in [6.07, 6.45) is 7.87. The van der Waals surface area contributed by atoms with E-state index in [0.29, 0.717) is 6.61 Å². The van der Waals surface area contributed by atoms with Crippen LogP contribution in [-0.4, -0.2) is 18.4 Å². The Kier molecular flexibility index (Phi) is 9.43. The lowest BCUT2D eigenvalue weighted by Gasteiger charge is -2.30. The van der Waals surface area contributed by atoms with Gasteiger partial charge in [0.25, 0.3) is 0 Å². The van der Waals surface area contributed by atoms with Gasteiger partial charge >= 0.3 is 6.16 Å². The van der Waals surface area contributed by atoms with Gasteiger partial charge in [-0.2, -0.15) is 0 Å². The summed E-state index contributed by atoms with van der Waals surface area (Å²) in [5, 5.41) is 0. The highest BCUT2D eigenvalue weighted by Crippen LogP contribution is 2.27. The van der Waals surface area contributed by atoms with E-state index in [1.54, 1.807) is 6.08 Å². The van der Waals surface area contributed by atoms with E-state index in [2.05, 4.69) is 20.4 Å². The molecule has 3 heteroatoms. The molecule has 0 saturated heterocycles. The second kappa shape index (κ2) is 9.98. The van der Waals surface area contributed by atoms with Crippen LogP contribution in [0.2, 0.25) is 0 Å². The summed E-state index contributed by atoms with van der Waals surface area (Å²) < 4.78 is 10.5. The second-order valence-electron chi connectivity index (χ2n) is 4.68. The lowest BCUT2D eigenvalue weighted by atomic mass is 9.91. The molecule has 0 aromatic heterocycles. The van der Waals surface area contributed by atoms with Gasteiger partial charge in [-0.25, -0.2) is 4.79 Å². The van der Waals surface area contributed by atoms with Crippen molar-refractivity contribution >= 4 is 6.16 Å². The minimum atomic E-state index is -0.566. The number of rotatable bonds is 10. The maximum absolute atomic E-state index is 11.6. The fourth-order valence-electron chi connectivity index (χ4n) is 1.81. The largest absolute Gasteiger partial charge is 0.509 e. The van der Waals surface area contributed by atoms with E-state index in [-0.39, 0.29) is 0 Å². The first kappa shape index (κ1) is 17.0. The van der Waals surface area contributed by atoms with Crippen LogP contribution in [0.15, 0.2) is 12.7 Å². The van der Waals surface area contributed by atoms with E-state index in [1.165, 1.54) is 0 Å². The van der Waals surface area contributed by atoms with Gasteiger partial charge < -0.3 is 9.47 Å². The molecule has 18 heavy (non-hydrogen) atoms. The Morgan fingerprint density at radius 3 is 2.06 bits per heavy atom. The zero-order valence-electron chi connectivity index (χ0n) is 12.2. The van der Waals surface area contributed by atoms with E-state index in [9.17, 15) is 4.79 Å². The molecule has 0 unspecified atom stereocenters. The molecule has 0 rings (SSSR count). The van der Waals surface area contributed by atoms with Crippen molar-refractivity contribution in [3.8, 4) is 0 Å². The number of hydrogen-bond donors (Lipinski definition) is 0. The van der Waals surface area contributed by atoms with Crippen molar-refractivity contribution in [1.82, 2.24) is 0 Å². The highest BCUT2D eigenvalue weighted by molar-refractivity contribution is 5.60. The minimum Gasteiger partial charge on any atom is -0.434 e. The second-order valence-corrected chi connectivity index (χ2v) is 4.68. The molecule has 0 atom stereocenters. The number of carbonyl (C=O) groups is 1. The summed E-state index contributed by atoms with van der Waals surface area (Å²) in [4.78, 5) is 11.6. The Bertz CT molecular complexity index is 228. The van der Waals surface area contributed by atoms with Crippen LogP contribution in [-0.2, 0) is 9.47 Å². The molecule has 0 aliphatic carbocycles. The summed E-state index contributed by atoms with van der Waals surface area (Å²) in [6.45, 7) is 10.5. The van der Waals surface area contributed by atoms with Crippen molar-refractivity contribution in [2.24, 2.45) is 0 Å². The van der Waals surface area contributed by atoms with E-state index in [1.807, 2.05) is 6.92 Å². The fraction of sp³-hybridized carbons (Fsp3) is 0.800. The van der Waals surface area contributed by atoms with Crippen LogP contribution in [0.25, 0.3) is 0 Å². The van der Waals surface area contributed by atoms with E-state index < -0.39 is 11.8 Å². The van der Waals surface area contributed by atoms with Crippen molar-refractivity contribution in [3.05, 3.63) is 12.7 Å². The number of hydrogen-bond acceptors (Lipinski definition) is 3. The van der Waals surface area contributed by atoms with Crippen LogP contribution >= 0.6 is 0 Å². The van der Waals surface area contributed by atoms with Gasteiger partial charge in [0.2, 0.25) is 0 Å². The van der Waals surface area contributed by atoms with Crippen molar-refractivity contribution in [2.75, 3.05) is 6.61 Å². The van der Waals surface area contributed by atoms with Crippen molar-refractivity contribution < 1.29 is 14.3 Å². The average Bonchev–Trinajstić information content (AvgIpc) is 2.39. The summed E-state index contributed by atoms with van der Waals surface area (Å²) in [7, 11) is 0. The highest BCUT2D eigenvalue weighted by atomic mass is 16.7. The summed E-state index contributed by atoms with van der Waals surface area (Å²) in [5.74, 6) is 0. The molecule has 0 saturated carbocycles. The van der Waals surface area contributed by atoms with Gasteiger partial charge in [-0.3, -0.25) is 0 Å². The smallest absolute Gasteiger partial charge is 0.434 e. The predicted molar refractivity (Wildman–Crippen MR) is 74.7 cm³/mol. The monoisotopic (exact) mass is 256 g/mol. The predicted octanol–water partition coefficient (Wildman–Crippen LogP) is 4.85. The molecule has 0 N–H and O–H groups in total. The molecule has 0 aliphatic rings. The molecular weight excluding hydrogens is 228 g/mol. The topological polar surface area (TPSA) is 35.5 Å². The van der Waals surface area contributed by atoms with E-state index >= 15 is 0 Å². The molecule has 0 aromatic carbocycles. The normalized spacial score (nSPS) is 11.1. The molecule has 0 aliphatic heterocycles. The Hall–Kier alpha value is -0.990. The Morgan fingerprint density at radius 2 is 1.67 bits per heavy atom. The molecule has 0 radical (unpaired) electrons. The zero-order chi connectivity index (χ0) is 13.9. The van der Waals surface area contributed by atoms with Crippen LogP contribution in [0.1, 0.15) is 65.7 Å². The molecule has 0 spiro atoms. The van der Waals surface area contributed by atoms with Gasteiger partial charge in [0, 0.05) is 0 Å². The van der Waals surface area contributed by atoms with E-state index in [4.69, 9.17) is 9.47 Å². The van der Waals surface area contributed by atoms with Crippen molar-refractivity contribution in [3.63, 3.8) is 0 Å². The van der Waals surface area contributed by atoms with E-state index in [0.717, 1.165) is 44.9 Å². The molecule has 106 valence electrons. The highest BCUT2D eigenvalue weighted by Gasteiger charge is 2.30. The minimum absolute atomic E-state index is 0.410. The first-order chi connectivity index (χ1) is 8.64. The number of ether oxygens (including phenoxy) is 2. The molecule has 3 nitrogen and oxygen atoms in total. The molecule has 0 fully saturated rings. The van der Waals surface area contributed by atoms with Gasteiger partial charge in [-0.1, -0.05) is 40.2 Å². The van der Waals surface area contributed by atoms with Crippen LogP contribution in [0, 0.1) is 0 Å². The average molecular weight is 256 g/mol. The number of unbranched alkanes of at least 4 members (excludes halogenated alkanes) is 2. The van der Waals surface area contributed by atoms with Crippen molar-refractivity contribution in [2.45, 2.75) is 71.3 Å². The third kappa shape index (κ3) is 6.67. The quantitative estimate of drug-likeness (QED) is 0.414. The van der Waals surface area contributed by atoms with Gasteiger partial charge in [0.05, 0.1) is 6.61 Å². The molecule has 0 amide bonds. The third-order valence-corrected chi connectivity index (χ3v) is 2.99. The van der Waals surface area contributed by atoms with Gasteiger partial charge in [-0.15, -0.1) is 0 Å². The SMILES string of the molecule is C=CC(CCCC)(CCCC)OC(=O)OCCC. The Labute approximate surface area is 112 Å². The van der Waals surface area contributed by atoms with Gasteiger partial charge in [0.15, 0.2) is 0 Å². The Balaban J connectivity index is 4.49. The maximum Gasteiger partial charge on any atom is 0.509 e. The van der Waals surface area contributed by atoms with Gasteiger partial charge in [-0.05, 0) is 38.2 Å². The number of carbonyl (C=O) groups excluding carboxylic acids is 1. The summed E-state index contributed by atoms with van der Waals surface area (Å²) in [5.41, 5.74) is -0.545. The molecular formula is C15H28O3. The van der Waals surface area contributed by atoms with Crippen LogP contribution in [0.4, 0.5) is 4.79 Å². The Morgan fingerprint density at radius 1 is 1.11 bits per heavy atom. The standard InChI is InChI=1S/C15H28O3/c1-5-9-11-15(8-4,12-10-6-2)18-14(16)17-13-7-3/h8H,4-7,9-13H2,1-3H3. The maximum atomic E-state index is 11.6. The van der Waals surface area contributed by atoms with Crippen LogP contribution in [0.5, 0.6) is 0 Å². The molecule has 0 bridgehead atoms. The lowest BCUT2D eigenvalue weighted by Crippen LogP contribution is -2.33. The van der Waals surface area contributed by atoms with Crippen molar-refractivity contribution in [1.29, 1.82) is 0 Å². The summed E-state index contributed by atoms with van der Waals surface area (Å²) >= 11 is 0.